The summed E-state index contributed by atoms with van der Waals surface area (Å²) in [6, 6.07) is 0. The van der Waals surface area contributed by atoms with Crippen LogP contribution in [0.3, 0.4) is 0 Å². The Morgan fingerprint density at radius 1 is 1.00 bits per heavy atom. The van der Waals surface area contributed by atoms with Gasteiger partial charge in [-0.1, -0.05) is 6.92 Å². The van der Waals surface area contributed by atoms with Gasteiger partial charge in [0, 0.05) is 18.6 Å². The normalized spacial score (nSPS) is 12.0. The molecule has 11 heavy (non-hydrogen) atoms. The summed E-state index contributed by atoms with van der Waals surface area (Å²) in [7, 11) is 0. The first kappa shape index (κ1) is 10.9. The fourth-order valence-electron chi connectivity index (χ4n) is 0.828. The summed E-state index contributed by atoms with van der Waals surface area (Å²) in [6.07, 6.45) is 1.22. The maximum absolute atomic E-state index is 3.42. The Morgan fingerprint density at radius 3 is 2.09 bits per heavy atom. The lowest BCUT2D eigenvalue weighted by Crippen LogP contribution is -2.40. The van der Waals surface area contributed by atoms with Gasteiger partial charge in [0.1, 0.15) is 0 Å². The maximum atomic E-state index is 3.42. The Morgan fingerprint density at radius 2 is 1.64 bits per heavy atom. The third-order valence-electron chi connectivity index (χ3n) is 1.38. The van der Waals surface area contributed by atoms with Gasteiger partial charge in [0.25, 0.3) is 0 Å². The van der Waals surface area contributed by atoms with E-state index in [9.17, 15) is 0 Å². The minimum atomic E-state index is 0.258. The predicted octanol–water partition coefficient (Wildman–Crippen LogP) is 1.37. The molecule has 0 aromatic carbocycles. The molecule has 0 aromatic rings. The SMILES string of the molecule is CCCNCCNC(C)(C)C. The topological polar surface area (TPSA) is 24.1 Å². The van der Waals surface area contributed by atoms with Crippen LogP contribution >= 0.6 is 0 Å². The average Bonchev–Trinajstić information content (AvgIpc) is 1.85. The molecule has 0 aliphatic carbocycles. The van der Waals surface area contributed by atoms with Crippen molar-refractivity contribution < 1.29 is 0 Å². The van der Waals surface area contributed by atoms with Crippen LogP contribution in [0.25, 0.3) is 0 Å². The van der Waals surface area contributed by atoms with Crippen LogP contribution < -0.4 is 10.6 Å². The first-order chi connectivity index (χ1) is 5.06. The predicted molar refractivity (Wildman–Crippen MR) is 50.9 cm³/mol. The van der Waals surface area contributed by atoms with Gasteiger partial charge in [-0.05, 0) is 33.7 Å². The average molecular weight is 158 g/mol. The molecule has 68 valence electrons. The molecule has 0 heterocycles. The number of hydrogen-bond acceptors (Lipinski definition) is 2. The van der Waals surface area contributed by atoms with Gasteiger partial charge in [-0.25, -0.2) is 0 Å². The van der Waals surface area contributed by atoms with E-state index < -0.39 is 0 Å². The second kappa shape index (κ2) is 5.56. The van der Waals surface area contributed by atoms with E-state index >= 15 is 0 Å². The minimum Gasteiger partial charge on any atom is -0.315 e. The molecule has 2 heteroatoms. The Hall–Kier alpha value is -0.0800. The molecule has 0 saturated heterocycles. The van der Waals surface area contributed by atoms with Crippen LogP contribution in [0, 0.1) is 0 Å². The molecule has 0 radical (unpaired) electrons. The van der Waals surface area contributed by atoms with Gasteiger partial charge in [-0.15, -0.1) is 0 Å². The van der Waals surface area contributed by atoms with Crippen LogP contribution in [-0.4, -0.2) is 25.2 Å². The van der Waals surface area contributed by atoms with E-state index in [1.807, 2.05) is 0 Å². The summed E-state index contributed by atoms with van der Waals surface area (Å²) < 4.78 is 0. The summed E-state index contributed by atoms with van der Waals surface area (Å²) in [6.45, 7) is 12.0. The zero-order chi connectivity index (χ0) is 8.74. The van der Waals surface area contributed by atoms with E-state index in [1.54, 1.807) is 0 Å². The third-order valence-corrected chi connectivity index (χ3v) is 1.38. The van der Waals surface area contributed by atoms with Crippen molar-refractivity contribution in [1.29, 1.82) is 0 Å². The molecule has 0 aliphatic heterocycles. The molecule has 0 aromatic heterocycles. The van der Waals surface area contributed by atoms with Gasteiger partial charge >= 0.3 is 0 Å². The zero-order valence-corrected chi connectivity index (χ0v) is 8.33. The summed E-state index contributed by atoms with van der Waals surface area (Å²) in [5, 5.41) is 6.76. The highest BCUT2D eigenvalue weighted by molar-refractivity contribution is 4.70. The molecule has 0 amide bonds. The monoisotopic (exact) mass is 158 g/mol. The molecule has 0 saturated carbocycles. The second-order valence-electron chi connectivity index (χ2n) is 3.93. The largest absolute Gasteiger partial charge is 0.315 e. The van der Waals surface area contributed by atoms with Gasteiger partial charge < -0.3 is 10.6 Å². The van der Waals surface area contributed by atoms with Gasteiger partial charge in [-0.3, -0.25) is 0 Å². The molecule has 0 fully saturated rings. The highest BCUT2D eigenvalue weighted by Crippen LogP contribution is 1.96. The summed E-state index contributed by atoms with van der Waals surface area (Å²) in [5.41, 5.74) is 0.258. The first-order valence-corrected chi connectivity index (χ1v) is 4.52. The molecule has 0 spiro atoms. The van der Waals surface area contributed by atoms with E-state index in [2.05, 4.69) is 38.3 Å². The van der Waals surface area contributed by atoms with Crippen LogP contribution in [0.2, 0.25) is 0 Å². The van der Waals surface area contributed by atoms with E-state index in [0.29, 0.717) is 0 Å². The van der Waals surface area contributed by atoms with Crippen molar-refractivity contribution in [2.24, 2.45) is 0 Å². The van der Waals surface area contributed by atoms with E-state index in [-0.39, 0.29) is 5.54 Å². The van der Waals surface area contributed by atoms with Gasteiger partial charge in [0.05, 0.1) is 0 Å². The molecule has 0 unspecified atom stereocenters. The van der Waals surface area contributed by atoms with Crippen molar-refractivity contribution >= 4 is 0 Å². The Kier molecular flexibility index (Phi) is 5.51. The molecule has 2 N–H and O–H groups in total. The van der Waals surface area contributed by atoms with Crippen LogP contribution in [0.15, 0.2) is 0 Å². The first-order valence-electron chi connectivity index (χ1n) is 4.52. The van der Waals surface area contributed by atoms with Gasteiger partial charge in [0.2, 0.25) is 0 Å². The third kappa shape index (κ3) is 9.92. The van der Waals surface area contributed by atoms with Crippen molar-refractivity contribution in [2.45, 2.75) is 39.7 Å². The van der Waals surface area contributed by atoms with Crippen molar-refractivity contribution in [3.63, 3.8) is 0 Å². The molecule has 0 aliphatic rings. The van der Waals surface area contributed by atoms with Crippen molar-refractivity contribution in [1.82, 2.24) is 10.6 Å². The Balaban J connectivity index is 3.02. The summed E-state index contributed by atoms with van der Waals surface area (Å²) in [5.74, 6) is 0. The Labute approximate surface area is 70.8 Å². The van der Waals surface area contributed by atoms with Gasteiger partial charge in [0.15, 0.2) is 0 Å². The number of hydrogen-bond donors (Lipinski definition) is 2. The zero-order valence-electron chi connectivity index (χ0n) is 8.33. The molecular formula is C9H22N2. The standard InChI is InChI=1S/C9H22N2/c1-5-6-10-7-8-11-9(2,3)4/h10-11H,5-8H2,1-4H3. The fourth-order valence-corrected chi connectivity index (χ4v) is 0.828. The van der Waals surface area contributed by atoms with E-state index in [1.165, 1.54) is 6.42 Å². The number of nitrogens with one attached hydrogen (secondary N) is 2. The second-order valence-corrected chi connectivity index (χ2v) is 3.93. The van der Waals surface area contributed by atoms with Crippen LogP contribution in [0.5, 0.6) is 0 Å². The quantitative estimate of drug-likeness (QED) is 0.591. The lowest BCUT2D eigenvalue weighted by molar-refractivity contribution is 0.422. The fraction of sp³-hybridized carbons (Fsp3) is 1.00. The minimum absolute atomic E-state index is 0.258. The molecule has 0 atom stereocenters. The van der Waals surface area contributed by atoms with E-state index in [0.717, 1.165) is 19.6 Å². The van der Waals surface area contributed by atoms with Crippen molar-refractivity contribution in [2.75, 3.05) is 19.6 Å². The molecular weight excluding hydrogens is 136 g/mol. The van der Waals surface area contributed by atoms with Crippen LogP contribution in [-0.2, 0) is 0 Å². The van der Waals surface area contributed by atoms with Crippen LogP contribution in [0.4, 0.5) is 0 Å². The van der Waals surface area contributed by atoms with Gasteiger partial charge in [-0.2, -0.15) is 0 Å². The lowest BCUT2D eigenvalue weighted by atomic mass is 10.1. The molecule has 0 bridgehead atoms. The number of rotatable bonds is 5. The van der Waals surface area contributed by atoms with Crippen LogP contribution in [0.1, 0.15) is 34.1 Å². The van der Waals surface area contributed by atoms with E-state index in [4.69, 9.17) is 0 Å². The lowest BCUT2D eigenvalue weighted by Gasteiger charge is -2.20. The molecule has 2 nitrogen and oxygen atoms in total. The Bertz CT molecular complexity index is 84.1. The highest BCUT2D eigenvalue weighted by Gasteiger charge is 2.06. The van der Waals surface area contributed by atoms with Crippen molar-refractivity contribution in [3.8, 4) is 0 Å². The molecule has 0 rings (SSSR count). The van der Waals surface area contributed by atoms with Crippen molar-refractivity contribution in [3.05, 3.63) is 0 Å². The summed E-state index contributed by atoms with van der Waals surface area (Å²) in [4.78, 5) is 0. The maximum Gasteiger partial charge on any atom is 0.00970 e. The summed E-state index contributed by atoms with van der Waals surface area (Å²) >= 11 is 0. The highest BCUT2D eigenvalue weighted by atomic mass is 15.0. The smallest absolute Gasteiger partial charge is 0.00970 e.